The predicted molar refractivity (Wildman–Crippen MR) is 61.4 cm³/mol. The van der Waals surface area contributed by atoms with Gasteiger partial charge in [0, 0.05) is 45.0 Å². The molecule has 0 fully saturated rings. The third-order valence-electron chi connectivity index (χ3n) is 1.67. The monoisotopic (exact) mass is 241 g/mol. The molecule has 0 radical (unpaired) electrons. The van der Waals surface area contributed by atoms with E-state index in [9.17, 15) is 0 Å². The van der Waals surface area contributed by atoms with Gasteiger partial charge in [0.15, 0.2) is 0 Å². The highest BCUT2D eigenvalue weighted by atomic mass is 35.5. The van der Waals surface area contributed by atoms with Crippen molar-refractivity contribution in [1.29, 1.82) is 0 Å². The molecule has 1 aromatic rings. The maximum atomic E-state index is 4.25. The molecule has 1 aliphatic heterocycles. The van der Waals surface area contributed by atoms with E-state index >= 15 is 0 Å². The number of nitrogens with one attached hydrogen (secondary N) is 2. The molecule has 2 heterocycles. The highest BCUT2D eigenvalue weighted by molar-refractivity contribution is 5.85. The highest BCUT2D eigenvalue weighted by Gasteiger charge is 2.08. The van der Waals surface area contributed by atoms with Crippen LogP contribution in [-0.2, 0) is 17.7 Å². The van der Waals surface area contributed by atoms with E-state index in [1.54, 1.807) is 14.2 Å². The van der Waals surface area contributed by atoms with Crippen molar-refractivity contribution in [3.05, 3.63) is 17.5 Å². The Morgan fingerprint density at radius 1 is 1.36 bits per heavy atom. The molecule has 0 bridgehead atoms. The number of ether oxygens (including phenoxy) is 1. The maximum absolute atomic E-state index is 4.25. The normalized spacial score (nSPS) is 12.4. The van der Waals surface area contributed by atoms with Gasteiger partial charge in [0.1, 0.15) is 0 Å². The molecule has 14 heavy (non-hydrogen) atoms. The minimum atomic E-state index is 0. The number of aromatic amines is 1. The molecular weight excluding hydrogens is 225 g/mol. The smallest absolute Gasteiger partial charge is 0.0535 e. The Hall–Kier alpha value is -0.290. The summed E-state index contributed by atoms with van der Waals surface area (Å²) in [5.41, 5.74) is 2.62. The third kappa shape index (κ3) is 4.81. The predicted octanol–water partition coefficient (Wildman–Crippen LogP) is 1.16. The minimum absolute atomic E-state index is 0. The number of methoxy groups -OCH3 is 1. The summed E-state index contributed by atoms with van der Waals surface area (Å²) in [4.78, 5) is 0. The number of hydrogen-bond donors (Lipinski definition) is 2. The average molecular weight is 242 g/mol. The van der Waals surface area contributed by atoms with Crippen LogP contribution in [0, 0.1) is 0 Å². The molecule has 0 saturated carbocycles. The van der Waals surface area contributed by atoms with E-state index in [1.165, 1.54) is 11.3 Å². The summed E-state index contributed by atoms with van der Waals surface area (Å²) in [7, 11) is 3.25. The van der Waals surface area contributed by atoms with Gasteiger partial charge in [-0.15, -0.1) is 24.8 Å². The largest absolute Gasteiger partial charge is 0.388 e. The van der Waals surface area contributed by atoms with E-state index in [0.717, 1.165) is 19.5 Å². The summed E-state index contributed by atoms with van der Waals surface area (Å²) in [6.07, 6.45) is 2.98. The van der Waals surface area contributed by atoms with Gasteiger partial charge in [-0.1, -0.05) is 0 Å². The van der Waals surface area contributed by atoms with E-state index in [1.807, 2.05) is 6.20 Å². The molecule has 0 aromatic carbocycles. The Labute approximate surface area is 96.6 Å². The van der Waals surface area contributed by atoms with Crippen LogP contribution in [0.25, 0.3) is 0 Å². The number of H-pyrrole nitrogens is 1. The first-order valence-corrected chi connectivity index (χ1v) is 4.00. The lowest BCUT2D eigenvalue weighted by Gasteiger charge is -2.10. The van der Waals surface area contributed by atoms with Gasteiger partial charge in [0.05, 0.1) is 6.20 Å². The molecule has 1 aliphatic rings. The molecule has 2 rings (SSSR count). The fraction of sp³-hybridized carbons (Fsp3) is 0.625. The van der Waals surface area contributed by atoms with Crippen molar-refractivity contribution in [2.75, 3.05) is 20.8 Å². The van der Waals surface area contributed by atoms with Crippen LogP contribution >= 0.6 is 24.8 Å². The number of fused-ring (bicyclic) bond motifs is 1. The first-order chi connectivity index (χ1) is 5.88. The molecular formula is C8H17Cl2N3O. The van der Waals surface area contributed by atoms with Crippen molar-refractivity contribution >= 4 is 24.8 Å². The molecule has 0 aliphatic carbocycles. The van der Waals surface area contributed by atoms with Crippen molar-refractivity contribution in [3.63, 3.8) is 0 Å². The lowest BCUT2D eigenvalue weighted by atomic mass is 10.1. The van der Waals surface area contributed by atoms with E-state index < -0.39 is 0 Å². The molecule has 6 heteroatoms. The first-order valence-electron chi connectivity index (χ1n) is 4.00. The molecule has 0 saturated heterocycles. The van der Waals surface area contributed by atoms with Crippen molar-refractivity contribution in [2.24, 2.45) is 0 Å². The zero-order valence-electron chi connectivity index (χ0n) is 8.37. The molecule has 0 amide bonds. The second-order valence-electron chi connectivity index (χ2n) is 2.71. The van der Waals surface area contributed by atoms with Crippen LogP contribution in [0.3, 0.4) is 0 Å². The number of hydrogen-bond acceptors (Lipinski definition) is 3. The zero-order valence-corrected chi connectivity index (χ0v) is 10.0. The molecule has 0 unspecified atom stereocenters. The Morgan fingerprint density at radius 3 is 2.57 bits per heavy atom. The van der Waals surface area contributed by atoms with Crippen molar-refractivity contribution in [1.82, 2.24) is 15.5 Å². The van der Waals surface area contributed by atoms with Crippen LogP contribution in [-0.4, -0.2) is 31.0 Å². The Morgan fingerprint density at radius 2 is 2.00 bits per heavy atom. The molecule has 4 nitrogen and oxygen atoms in total. The van der Waals surface area contributed by atoms with Crippen LogP contribution in [0.5, 0.6) is 0 Å². The van der Waals surface area contributed by atoms with Gasteiger partial charge >= 0.3 is 0 Å². The molecule has 84 valence electrons. The lowest BCUT2D eigenvalue weighted by Crippen LogP contribution is -2.22. The quantitative estimate of drug-likeness (QED) is 0.717. The van der Waals surface area contributed by atoms with E-state index in [-0.39, 0.29) is 24.8 Å². The maximum Gasteiger partial charge on any atom is 0.0535 e. The van der Waals surface area contributed by atoms with Crippen LogP contribution in [0.2, 0.25) is 0 Å². The molecule has 0 spiro atoms. The Balaban J connectivity index is 0. The van der Waals surface area contributed by atoms with Crippen molar-refractivity contribution in [2.45, 2.75) is 13.0 Å². The summed E-state index contributed by atoms with van der Waals surface area (Å²) in [5, 5.41) is 10.2. The van der Waals surface area contributed by atoms with Gasteiger partial charge in [-0.2, -0.15) is 5.10 Å². The van der Waals surface area contributed by atoms with Crippen molar-refractivity contribution in [3.8, 4) is 0 Å². The fourth-order valence-corrected chi connectivity index (χ4v) is 1.14. The van der Waals surface area contributed by atoms with E-state index in [2.05, 4.69) is 20.3 Å². The topological polar surface area (TPSA) is 49.9 Å². The summed E-state index contributed by atoms with van der Waals surface area (Å²) in [6, 6.07) is 0. The standard InChI is InChI=1S/C6H9N3.C2H6O.2ClH/c1-2-7-3-5-4-8-9-6(1)5;1-3-2;;/h4,7H,1-3H2,(H,8,9);1-2H3;2*1H. The Bertz CT molecular complexity index is 210. The number of nitrogens with zero attached hydrogens (tertiary/aromatic N) is 1. The zero-order chi connectivity index (χ0) is 8.81. The Kier molecular flexibility index (Phi) is 10.7. The number of rotatable bonds is 0. The fourth-order valence-electron chi connectivity index (χ4n) is 1.14. The van der Waals surface area contributed by atoms with Gasteiger partial charge in [0.25, 0.3) is 0 Å². The molecule has 0 atom stereocenters. The van der Waals surface area contributed by atoms with Crippen LogP contribution in [0.15, 0.2) is 6.20 Å². The summed E-state index contributed by atoms with van der Waals surface area (Å²) >= 11 is 0. The van der Waals surface area contributed by atoms with E-state index in [4.69, 9.17) is 0 Å². The van der Waals surface area contributed by atoms with Crippen LogP contribution in [0.4, 0.5) is 0 Å². The minimum Gasteiger partial charge on any atom is -0.388 e. The second-order valence-corrected chi connectivity index (χ2v) is 2.71. The van der Waals surface area contributed by atoms with Crippen LogP contribution < -0.4 is 5.32 Å². The summed E-state index contributed by atoms with van der Waals surface area (Å²) in [5.74, 6) is 0. The third-order valence-corrected chi connectivity index (χ3v) is 1.67. The van der Waals surface area contributed by atoms with E-state index in [0.29, 0.717) is 0 Å². The summed E-state index contributed by atoms with van der Waals surface area (Å²) < 4.78 is 4.25. The lowest BCUT2D eigenvalue weighted by molar-refractivity contribution is 0.277. The second kappa shape index (κ2) is 9.27. The molecule has 1 aromatic heterocycles. The first kappa shape index (κ1) is 16.2. The average Bonchev–Trinajstić information content (AvgIpc) is 2.52. The van der Waals surface area contributed by atoms with Gasteiger partial charge in [-0.3, -0.25) is 5.10 Å². The molecule has 2 N–H and O–H groups in total. The van der Waals surface area contributed by atoms with Gasteiger partial charge in [0.2, 0.25) is 0 Å². The van der Waals surface area contributed by atoms with Gasteiger partial charge < -0.3 is 10.1 Å². The number of halogens is 2. The number of aromatic nitrogens is 2. The highest BCUT2D eigenvalue weighted by Crippen LogP contribution is 2.07. The van der Waals surface area contributed by atoms with Crippen LogP contribution in [0.1, 0.15) is 11.3 Å². The van der Waals surface area contributed by atoms with Gasteiger partial charge in [-0.05, 0) is 0 Å². The summed E-state index contributed by atoms with van der Waals surface area (Å²) in [6.45, 7) is 2.06. The SMILES string of the molecule is COC.Cl.Cl.c1n[nH]c2c1CNCC2. The van der Waals surface area contributed by atoms with Crippen molar-refractivity contribution < 1.29 is 4.74 Å². The van der Waals surface area contributed by atoms with Gasteiger partial charge in [-0.25, -0.2) is 0 Å².